The molecule has 2 aliphatic heterocycles. The van der Waals surface area contributed by atoms with E-state index in [0.717, 1.165) is 25.9 Å². The molecule has 2 aromatic heterocycles. The molecule has 0 saturated carbocycles. The number of anilines is 2. The van der Waals surface area contributed by atoms with Crippen molar-refractivity contribution in [1.29, 1.82) is 0 Å². The van der Waals surface area contributed by atoms with Gasteiger partial charge in [-0.2, -0.15) is 0 Å². The zero-order valence-electron chi connectivity index (χ0n) is 22.7. The van der Waals surface area contributed by atoms with Crippen LogP contribution in [0.15, 0.2) is 66.9 Å². The number of hydrogen-bond acceptors (Lipinski definition) is 8. The Hall–Kier alpha value is -4.19. The Morgan fingerprint density at radius 2 is 1.73 bits per heavy atom. The molecule has 212 valence electrons. The average Bonchev–Trinajstić information content (AvgIpc) is 3.45. The Balaban J connectivity index is 1.24. The van der Waals surface area contributed by atoms with Crippen LogP contribution in [-0.4, -0.2) is 58.2 Å². The van der Waals surface area contributed by atoms with Gasteiger partial charge in [0, 0.05) is 23.5 Å². The molecule has 2 aromatic carbocycles. The molecule has 1 amide bonds. The first-order valence-electron chi connectivity index (χ1n) is 13.7. The summed E-state index contributed by atoms with van der Waals surface area (Å²) in [4.78, 5) is 30.3. The Kier molecular flexibility index (Phi) is 7.73. The van der Waals surface area contributed by atoms with Gasteiger partial charge in [-0.3, -0.25) is 4.79 Å². The van der Waals surface area contributed by atoms with Crippen molar-refractivity contribution < 1.29 is 18.7 Å². The molecule has 4 N–H and O–H groups in total. The molecule has 41 heavy (non-hydrogen) atoms. The lowest BCUT2D eigenvalue weighted by Gasteiger charge is -2.35. The lowest BCUT2D eigenvalue weighted by molar-refractivity contribution is -0.229. The number of imidazole rings is 1. The first kappa shape index (κ1) is 27.0. The highest BCUT2D eigenvalue weighted by molar-refractivity contribution is 5.95. The summed E-state index contributed by atoms with van der Waals surface area (Å²) in [6, 6.07) is 17.5. The Labute approximate surface area is 237 Å². The number of aromatic amines is 1. The van der Waals surface area contributed by atoms with Crippen LogP contribution in [0.2, 0.25) is 0 Å². The topological polar surface area (TPSA) is 126 Å². The minimum atomic E-state index is -0.886. The number of para-hydroxylation sites is 1. The predicted molar refractivity (Wildman–Crippen MR) is 152 cm³/mol. The summed E-state index contributed by atoms with van der Waals surface area (Å²) in [6.07, 6.45) is 2.85. The van der Waals surface area contributed by atoms with Crippen molar-refractivity contribution in [2.75, 3.05) is 36.9 Å². The second kappa shape index (κ2) is 11.7. The van der Waals surface area contributed by atoms with Crippen molar-refractivity contribution in [3.8, 4) is 22.6 Å². The van der Waals surface area contributed by atoms with Crippen LogP contribution >= 0.6 is 0 Å². The molecule has 2 fully saturated rings. The number of aromatic nitrogens is 4. The summed E-state index contributed by atoms with van der Waals surface area (Å²) in [7, 11) is 0. The van der Waals surface area contributed by atoms with Crippen LogP contribution in [-0.2, 0) is 14.3 Å². The van der Waals surface area contributed by atoms with Crippen LogP contribution < -0.4 is 16.0 Å². The van der Waals surface area contributed by atoms with Gasteiger partial charge in [-0.1, -0.05) is 18.2 Å². The van der Waals surface area contributed by atoms with Crippen molar-refractivity contribution in [1.82, 2.24) is 25.3 Å². The van der Waals surface area contributed by atoms with Crippen molar-refractivity contribution >= 4 is 17.5 Å². The number of nitrogens with zero attached hydrogens (tertiary/aromatic N) is 3. The minimum absolute atomic E-state index is 0.135. The van der Waals surface area contributed by atoms with Crippen molar-refractivity contribution in [3.05, 3.63) is 78.5 Å². The number of amides is 1. The fourth-order valence-corrected chi connectivity index (χ4v) is 4.92. The fourth-order valence-electron chi connectivity index (χ4n) is 4.92. The molecule has 4 heterocycles. The molecule has 4 aromatic rings. The highest BCUT2D eigenvalue weighted by Gasteiger charge is 2.41. The number of piperidine rings is 1. The third kappa shape index (κ3) is 6.12. The van der Waals surface area contributed by atoms with Gasteiger partial charge in [0.15, 0.2) is 5.82 Å². The van der Waals surface area contributed by atoms with E-state index >= 15 is 0 Å². The van der Waals surface area contributed by atoms with Gasteiger partial charge in [0.1, 0.15) is 5.82 Å². The summed E-state index contributed by atoms with van der Waals surface area (Å²) < 4.78 is 25.8. The van der Waals surface area contributed by atoms with E-state index in [2.05, 4.69) is 25.9 Å². The zero-order chi connectivity index (χ0) is 28.2. The number of H-pyrrole nitrogens is 1. The normalized spacial score (nSPS) is 21.4. The van der Waals surface area contributed by atoms with Crippen LogP contribution in [0.5, 0.6) is 0 Å². The van der Waals surface area contributed by atoms with Gasteiger partial charge in [0.2, 0.25) is 18.1 Å². The molecule has 11 heteroatoms. The second-order valence-corrected chi connectivity index (χ2v) is 10.6. The van der Waals surface area contributed by atoms with Gasteiger partial charge < -0.3 is 30.4 Å². The summed E-state index contributed by atoms with van der Waals surface area (Å²) in [5.74, 6) is 0.426. The van der Waals surface area contributed by atoms with E-state index in [1.54, 1.807) is 31.3 Å². The maximum absolute atomic E-state index is 13.7. The number of halogens is 1. The Bertz CT molecular complexity index is 1480. The van der Waals surface area contributed by atoms with Crippen LogP contribution in [0.1, 0.15) is 31.9 Å². The standard InChI is InChI=1S/C30H32FN7O3/c1-30(28(39)34-21-5-3-2-4-6-21)17-40-27(41-18-30)26-37-24(19-7-9-20(31)10-8-19)25(38-26)23-13-16-33-29(36-23)35-22-11-14-32-15-12-22/h2-10,13,16,22,27,32H,11-12,14-15,17-18H2,1H3,(H,34,39)(H,37,38)(H,33,35,36). The average molecular weight is 558 g/mol. The number of benzene rings is 2. The molecule has 0 bridgehead atoms. The molecular weight excluding hydrogens is 525 g/mol. The van der Waals surface area contributed by atoms with Gasteiger partial charge in [-0.05, 0) is 75.3 Å². The highest BCUT2D eigenvalue weighted by Crippen LogP contribution is 2.36. The number of carbonyl (C=O) groups is 1. The molecular formula is C30H32FN7O3. The van der Waals surface area contributed by atoms with Gasteiger partial charge >= 0.3 is 0 Å². The largest absolute Gasteiger partial charge is 0.351 e. The van der Waals surface area contributed by atoms with Crippen molar-refractivity contribution in [3.63, 3.8) is 0 Å². The SMILES string of the molecule is CC1(C(=O)Nc2ccccc2)COC(c2nc(-c3ccc(F)cc3)c(-c3ccnc(NC4CCNCC4)n3)[nH]2)OC1. The Morgan fingerprint density at radius 1 is 1.00 bits per heavy atom. The number of ether oxygens (including phenoxy) is 2. The minimum Gasteiger partial charge on any atom is -0.351 e. The smallest absolute Gasteiger partial charge is 0.234 e. The first-order chi connectivity index (χ1) is 20.0. The molecule has 10 nitrogen and oxygen atoms in total. The van der Waals surface area contributed by atoms with E-state index in [9.17, 15) is 9.18 Å². The molecule has 2 aliphatic rings. The molecule has 0 atom stereocenters. The summed E-state index contributed by atoms with van der Waals surface area (Å²) in [5.41, 5.74) is 2.36. The zero-order valence-corrected chi connectivity index (χ0v) is 22.7. The van der Waals surface area contributed by atoms with E-state index in [0.29, 0.717) is 40.1 Å². The number of hydrogen-bond donors (Lipinski definition) is 4. The van der Waals surface area contributed by atoms with E-state index in [-0.39, 0.29) is 31.0 Å². The lowest BCUT2D eigenvalue weighted by Crippen LogP contribution is -2.45. The molecule has 0 spiro atoms. The Morgan fingerprint density at radius 3 is 2.46 bits per heavy atom. The van der Waals surface area contributed by atoms with Crippen molar-refractivity contribution in [2.24, 2.45) is 5.41 Å². The van der Waals surface area contributed by atoms with E-state index < -0.39 is 11.7 Å². The summed E-state index contributed by atoms with van der Waals surface area (Å²) in [6.45, 7) is 3.97. The van der Waals surface area contributed by atoms with E-state index in [1.165, 1.54) is 12.1 Å². The number of carbonyl (C=O) groups excluding carboxylic acids is 1. The molecule has 0 radical (unpaired) electrons. The molecule has 0 unspecified atom stereocenters. The van der Waals surface area contributed by atoms with E-state index in [1.807, 2.05) is 30.3 Å². The summed E-state index contributed by atoms with van der Waals surface area (Å²) in [5, 5.41) is 9.71. The van der Waals surface area contributed by atoms with Crippen LogP contribution in [0.25, 0.3) is 22.6 Å². The second-order valence-electron chi connectivity index (χ2n) is 10.6. The summed E-state index contributed by atoms with van der Waals surface area (Å²) >= 11 is 0. The molecule has 0 aliphatic carbocycles. The monoisotopic (exact) mass is 557 g/mol. The van der Waals surface area contributed by atoms with E-state index in [4.69, 9.17) is 19.4 Å². The highest BCUT2D eigenvalue weighted by atomic mass is 19.1. The lowest BCUT2D eigenvalue weighted by atomic mass is 9.91. The van der Waals surface area contributed by atoms with Gasteiger partial charge in [0.25, 0.3) is 0 Å². The van der Waals surface area contributed by atoms with Crippen LogP contribution in [0.4, 0.5) is 16.0 Å². The first-order valence-corrected chi connectivity index (χ1v) is 13.7. The maximum Gasteiger partial charge on any atom is 0.234 e. The maximum atomic E-state index is 13.7. The van der Waals surface area contributed by atoms with Crippen molar-refractivity contribution in [2.45, 2.75) is 32.1 Å². The molecule has 2 saturated heterocycles. The predicted octanol–water partition coefficient (Wildman–Crippen LogP) is 4.53. The van der Waals surface area contributed by atoms with Crippen LogP contribution in [0.3, 0.4) is 0 Å². The fraction of sp³-hybridized carbons (Fsp3) is 0.333. The third-order valence-corrected chi connectivity index (χ3v) is 7.33. The number of rotatable bonds is 7. The van der Waals surface area contributed by atoms with Gasteiger partial charge in [-0.15, -0.1) is 0 Å². The molecule has 6 rings (SSSR count). The third-order valence-electron chi connectivity index (χ3n) is 7.33. The van der Waals surface area contributed by atoms with Crippen LogP contribution in [0, 0.1) is 11.2 Å². The number of nitrogens with one attached hydrogen (secondary N) is 4. The van der Waals surface area contributed by atoms with Gasteiger partial charge in [0.05, 0.1) is 35.7 Å². The van der Waals surface area contributed by atoms with Gasteiger partial charge in [-0.25, -0.2) is 19.3 Å². The quantitative estimate of drug-likeness (QED) is 0.261.